The van der Waals surface area contributed by atoms with Crippen LogP contribution in [0.15, 0.2) is 36.8 Å². The van der Waals surface area contributed by atoms with Crippen molar-refractivity contribution in [2.75, 3.05) is 12.4 Å². The summed E-state index contributed by atoms with van der Waals surface area (Å²) in [5.74, 6) is 2.10. The molecule has 1 N–H and O–H groups in total. The summed E-state index contributed by atoms with van der Waals surface area (Å²) in [5.41, 5.74) is 3.11. The quantitative estimate of drug-likeness (QED) is 0.456. The van der Waals surface area contributed by atoms with Gasteiger partial charge in [0.05, 0.1) is 23.7 Å². The van der Waals surface area contributed by atoms with E-state index >= 15 is 0 Å². The van der Waals surface area contributed by atoms with E-state index in [0.29, 0.717) is 28.8 Å². The average Bonchev–Trinajstić information content (AvgIpc) is 3.17. The normalized spacial score (nSPS) is 13.3. The third kappa shape index (κ3) is 3.59. The lowest BCUT2D eigenvalue weighted by atomic mass is 9.97. The maximum atomic E-state index is 6.30. The highest BCUT2D eigenvalue weighted by atomic mass is 35.5. The van der Waals surface area contributed by atoms with Crippen LogP contribution in [0.1, 0.15) is 28.8 Å². The van der Waals surface area contributed by atoms with Crippen LogP contribution in [0.3, 0.4) is 0 Å². The molecule has 1 aromatic carbocycles. The Hall–Kier alpha value is -2.77. The lowest BCUT2D eigenvalue weighted by Gasteiger charge is -2.14. The first-order chi connectivity index (χ1) is 14.7. The van der Waals surface area contributed by atoms with Crippen LogP contribution in [0.25, 0.3) is 21.7 Å². The van der Waals surface area contributed by atoms with Crippen molar-refractivity contribution in [2.45, 2.75) is 32.2 Å². The zero-order valence-corrected chi connectivity index (χ0v) is 18.1. The van der Waals surface area contributed by atoms with Crippen molar-refractivity contribution >= 4 is 39.0 Å². The van der Waals surface area contributed by atoms with Crippen LogP contribution in [0.2, 0.25) is 5.02 Å². The molecule has 0 saturated carbocycles. The minimum absolute atomic E-state index is 0.587. The monoisotopic (exact) mass is 437 g/mol. The molecule has 152 valence electrons. The van der Waals surface area contributed by atoms with E-state index in [1.807, 2.05) is 18.2 Å². The van der Waals surface area contributed by atoms with Crippen LogP contribution in [0.4, 0.5) is 5.82 Å². The first kappa shape index (κ1) is 19.2. The van der Waals surface area contributed by atoms with Crippen LogP contribution >= 0.6 is 22.9 Å². The Morgan fingerprint density at radius 3 is 2.87 bits per heavy atom. The van der Waals surface area contributed by atoms with Gasteiger partial charge in [-0.3, -0.25) is 4.98 Å². The van der Waals surface area contributed by atoms with Gasteiger partial charge in [-0.25, -0.2) is 15.0 Å². The highest BCUT2D eigenvalue weighted by molar-refractivity contribution is 7.19. The molecule has 0 unspecified atom stereocenters. The van der Waals surface area contributed by atoms with E-state index in [1.54, 1.807) is 37.0 Å². The number of nitrogens with zero attached hydrogens (tertiary/aromatic N) is 4. The number of hydrogen-bond acceptors (Lipinski definition) is 7. The molecule has 1 aliphatic carbocycles. The standard InChI is InChI=1S/C22H20ClN5OS/c1-29-17-7-6-13(10-15(17)23)11-26-21-19-14-4-2-3-5-18(14)30-22(19)28-20(27-21)16-12-24-8-9-25-16/h6-10,12H,2-5,11H2,1H3,(H,26,27,28). The molecule has 0 fully saturated rings. The van der Waals surface area contributed by atoms with Crippen LogP contribution in [-0.2, 0) is 19.4 Å². The molecule has 30 heavy (non-hydrogen) atoms. The zero-order valence-electron chi connectivity index (χ0n) is 16.5. The van der Waals surface area contributed by atoms with Gasteiger partial charge < -0.3 is 10.1 Å². The molecule has 8 heteroatoms. The molecular weight excluding hydrogens is 418 g/mol. The maximum Gasteiger partial charge on any atom is 0.183 e. The van der Waals surface area contributed by atoms with Gasteiger partial charge in [-0.1, -0.05) is 17.7 Å². The predicted molar refractivity (Wildman–Crippen MR) is 120 cm³/mol. The molecule has 3 aromatic heterocycles. The van der Waals surface area contributed by atoms with Crippen molar-refractivity contribution < 1.29 is 4.74 Å². The van der Waals surface area contributed by atoms with Gasteiger partial charge >= 0.3 is 0 Å². The van der Waals surface area contributed by atoms with Gasteiger partial charge in [-0.2, -0.15) is 0 Å². The van der Waals surface area contributed by atoms with Gasteiger partial charge in [0, 0.05) is 23.8 Å². The van der Waals surface area contributed by atoms with Gasteiger partial charge in [0.15, 0.2) is 5.82 Å². The van der Waals surface area contributed by atoms with Crippen LogP contribution in [0, 0.1) is 0 Å². The summed E-state index contributed by atoms with van der Waals surface area (Å²) in [5, 5.41) is 5.26. The molecule has 0 saturated heterocycles. The van der Waals surface area contributed by atoms with E-state index in [2.05, 4.69) is 15.3 Å². The summed E-state index contributed by atoms with van der Waals surface area (Å²) in [6.07, 6.45) is 9.64. The topological polar surface area (TPSA) is 72.8 Å². The molecule has 0 aliphatic heterocycles. The smallest absolute Gasteiger partial charge is 0.183 e. The Morgan fingerprint density at radius 2 is 2.07 bits per heavy atom. The summed E-state index contributed by atoms with van der Waals surface area (Å²) in [6.45, 7) is 0.598. The number of methoxy groups -OCH3 is 1. The molecule has 0 atom stereocenters. The number of hydrogen-bond donors (Lipinski definition) is 1. The number of halogens is 1. The molecule has 0 radical (unpaired) electrons. The van der Waals surface area contributed by atoms with E-state index in [1.165, 1.54) is 23.3 Å². The Balaban J connectivity index is 1.56. The van der Waals surface area contributed by atoms with Gasteiger partial charge in [-0.05, 0) is 48.9 Å². The summed E-state index contributed by atoms with van der Waals surface area (Å²) < 4.78 is 5.25. The van der Waals surface area contributed by atoms with Crippen molar-refractivity contribution in [1.29, 1.82) is 0 Å². The van der Waals surface area contributed by atoms with Crippen molar-refractivity contribution in [2.24, 2.45) is 0 Å². The fraction of sp³-hybridized carbons (Fsp3) is 0.273. The van der Waals surface area contributed by atoms with E-state index < -0.39 is 0 Å². The molecule has 1 aliphatic rings. The van der Waals surface area contributed by atoms with E-state index in [9.17, 15) is 0 Å². The molecule has 3 heterocycles. The second kappa shape index (κ2) is 8.16. The summed E-state index contributed by atoms with van der Waals surface area (Å²) in [6, 6.07) is 5.80. The fourth-order valence-corrected chi connectivity index (χ4v) is 5.36. The Labute approximate surface area is 183 Å². The lowest BCUT2D eigenvalue weighted by Crippen LogP contribution is -2.06. The molecule has 6 nitrogen and oxygen atoms in total. The molecule has 5 rings (SSSR count). The van der Waals surface area contributed by atoms with Gasteiger partial charge in [0.1, 0.15) is 22.1 Å². The van der Waals surface area contributed by atoms with Crippen LogP contribution in [-0.4, -0.2) is 27.0 Å². The number of ether oxygens (including phenoxy) is 1. The third-order valence-electron chi connectivity index (χ3n) is 5.28. The number of rotatable bonds is 5. The molecule has 0 spiro atoms. The molecule has 0 amide bonds. The number of benzene rings is 1. The Bertz CT molecular complexity index is 1210. The van der Waals surface area contributed by atoms with Gasteiger partial charge in [-0.15, -0.1) is 11.3 Å². The SMILES string of the molecule is COc1ccc(CNc2nc(-c3cnccn3)nc3sc4c(c23)CCCC4)cc1Cl. The number of aromatic nitrogens is 4. The number of nitrogens with one attached hydrogen (secondary N) is 1. The lowest BCUT2D eigenvalue weighted by molar-refractivity contribution is 0.415. The highest BCUT2D eigenvalue weighted by Crippen LogP contribution is 2.39. The molecular formula is C22H20ClN5OS. The zero-order chi connectivity index (χ0) is 20.5. The second-order valence-corrected chi connectivity index (χ2v) is 8.69. The van der Waals surface area contributed by atoms with Crippen LogP contribution < -0.4 is 10.1 Å². The summed E-state index contributed by atoms with van der Waals surface area (Å²) in [7, 11) is 1.62. The van der Waals surface area contributed by atoms with Gasteiger partial charge in [0.25, 0.3) is 0 Å². The molecule has 4 aromatic rings. The minimum atomic E-state index is 0.587. The number of aryl methyl sites for hydroxylation is 2. The second-order valence-electron chi connectivity index (χ2n) is 7.20. The van der Waals surface area contributed by atoms with Gasteiger partial charge in [0.2, 0.25) is 0 Å². The Morgan fingerprint density at radius 1 is 1.17 bits per heavy atom. The number of fused-ring (bicyclic) bond motifs is 3. The van der Waals surface area contributed by atoms with Crippen molar-refractivity contribution in [3.05, 3.63) is 57.8 Å². The fourth-order valence-electron chi connectivity index (χ4n) is 3.82. The summed E-state index contributed by atoms with van der Waals surface area (Å²) >= 11 is 8.07. The molecule has 0 bridgehead atoms. The minimum Gasteiger partial charge on any atom is -0.495 e. The van der Waals surface area contributed by atoms with Crippen molar-refractivity contribution in [3.63, 3.8) is 0 Å². The Kier molecular flexibility index (Phi) is 5.23. The average molecular weight is 438 g/mol. The first-order valence-electron chi connectivity index (χ1n) is 9.88. The van der Waals surface area contributed by atoms with Crippen LogP contribution in [0.5, 0.6) is 5.75 Å². The third-order valence-corrected chi connectivity index (χ3v) is 6.76. The van der Waals surface area contributed by atoms with E-state index in [-0.39, 0.29) is 0 Å². The van der Waals surface area contributed by atoms with Crippen molar-refractivity contribution in [3.8, 4) is 17.3 Å². The number of thiophene rings is 1. The number of anilines is 1. The highest BCUT2D eigenvalue weighted by Gasteiger charge is 2.22. The largest absolute Gasteiger partial charge is 0.495 e. The van der Waals surface area contributed by atoms with E-state index in [4.69, 9.17) is 26.3 Å². The van der Waals surface area contributed by atoms with Crippen molar-refractivity contribution in [1.82, 2.24) is 19.9 Å². The maximum absolute atomic E-state index is 6.30. The summed E-state index contributed by atoms with van der Waals surface area (Å²) in [4.78, 5) is 20.7. The van der Waals surface area contributed by atoms with E-state index in [0.717, 1.165) is 34.4 Å². The predicted octanol–water partition coefficient (Wildman–Crippen LogP) is 5.30. The first-order valence-corrected chi connectivity index (χ1v) is 11.1.